The Bertz CT molecular complexity index is 564. The highest BCUT2D eigenvalue weighted by atomic mass is 79.9. The molecule has 0 radical (unpaired) electrons. The van der Waals surface area contributed by atoms with Crippen LogP contribution in [-0.2, 0) is 4.79 Å². The number of amides is 1. The van der Waals surface area contributed by atoms with Crippen LogP contribution in [0, 0.1) is 11.7 Å². The first-order chi connectivity index (χ1) is 9.93. The van der Waals surface area contributed by atoms with E-state index in [1.807, 2.05) is 6.92 Å². The Morgan fingerprint density at radius 3 is 2.76 bits per heavy atom. The van der Waals surface area contributed by atoms with E-state index >= 15 is 0 Å². The van der Waals surface area contributed by atoms with Crippen LogP contribution in [0.2, 0.25) is 0 Å². The highest BCUT2D eigenvalue weighted by Gasteiger charge is 2.36. The average Bonchev–Trinajstić information content (AvgIpc) is 2.46. The average molecular weight is 358 g/mol. The summed E-state index contributed by atoms with van der Waals surface area (Å²) in [6.45, 7) is 2.44. The van der Waals surface area contributed by atoms with Crippen LogP contribution in [-0.4, -0.2) is 34.5 Å². The van der Waals surface area contributed by atoms with Gasteiger partial charge in [-0.2, -0.15) is 0 Å². The fraction of sp³-hybridized carbons (Fsp3) is 0.467. The molecule has 1 aliphatic heterocycles. The molecule has 1 fully saturated rings. The van der Waals surface area contributed by atoms with E-state index in [2.05, 4.69) is 15.9 Å². The zero-order valence-corrected chi connectivity index (χ0v) is 13.3. The Morgan fingerprint density at radius 2 is 2.19 bits per heavy atom. The number of carboxylic acids is 1. The van der Waals surface area contributed by atoms with Gasteiger partial charge in [0.05, 0.1) is 5.56 Å². The normalized spacial score (nSPS) is 22.1. The topological polar surface area (TPSA) is 57.6 Å². The van der Waals surface area contributed by atoms with E-state index in [0.717, 1.165) is 12.8 Å². The molecule has 0 aliphatic carbocycles. The number of carbonyl (C=O) groups excluding carboxylic acids is 1. The van der Waals surface area contributed by atoms with Gasteiger partial charge in [0.1, 0.15) is 11.9 Å². The first kappa shape index (κ1) is 15.9. The number of hydrogen-bond donors (Lipinski definition) is 1. The molecule has 2 unspecified atom stereocenters. The van der Waals surface area contributed by atoms with Gasteiger partial charge in [-0.05, 0) is 52.9 Å². The standard InChI is InChI=1S/C15H17BrFNO3/c1-2-9-5-6-18(13(7-9)15(20)21)14(19)11-4-3-10(17)8-12(11)16/h3-4,8-9,13H,2,5-7H2,1H3,(H,20,21). The van der Waals surface area contributed by atoms with E-state index in [4.69, 9.17) is 0 Å². The van der Waals surface area contributed by atoms with Crippen LogP contribution in [0.25, 0.3) is 0 Å². The molecule has 1 aliphatic rings. The van der Waals surface area contributed by atoms with E-state index < -0.39 is 17.8 Å². The maximum absolute atomic E-state index is 13.1. The largest absolute Gasteiger partial charge is 0.480 e. The molecule has 2 rings (SSSR count). The number of piperidine rings is 1. The number of carboxylic acid groups (broad SMARTS) is 1. The summed E-state index contributed by atoms with van der Waals surface area (Å²) in [4.78, 5) is 25.4. The van der Waals surface area contributed by atoms with E-state index in [9.17, 15) is 19.1 Å². The van der Waals surface area contributed by atoms with Crippen LogP contribution < -0.4 is 0 Å². The third-order valence-corrected chi connectivity index (χ3v) is 4.65. The molecule has 1 saturated heterocycles. The van der Waals surface area contributed by atoms with E-state index in [0.29, 0.717) is 23.4 Å². The molecule has 6 heteroatoms. The first-order valence-corrected chi connectivity index (χ1v) is 7.72. The Morgan fingerprint density at radius 1 is 1.48 bits per heavy atom. The summed E-state index contributed by atoms with van der Waals surface area (Å²) in [5.74, 6) is -1.48. The van der Waals surface area contributed by atoms with Crippen molar-refractivity contribution in [2.75, 3.05) is 6.54 Å². The molecular weight excluding hydrogens is 341 g/mol. The fourth-order valence-corrected chi connectivity index (χ4v) is 3.22. The highest BCUT2D eigenvalue weighted by molar-refractivity contribution is 9.10. The summed E-state index contributed by atoms with van der Waals surface area (Å²) >= 11 is 3.16. The summed E-state index contributed by atoms with van der Waals surface area (Å²) in [7, 11) is 0. The van der Waals surface area contributed by atoms with Crippen molar-refractivity contribution in [1.82, 2.24) is 4.90 Å². The quantitative estimate of drug-likeness (QED) is 0.902. The van der Waals surface area contributed by atoms with Crippen molar-refractivity contribution in [3.8, 4) is 0 Å². The van der Waals surface area contributed by atoms with Gasteiger partial charge < -0.3 is 10.0 Å². The van der Waals surface area contributed by atoms with Crippen LogP contribution in [0.5, 0.6) is 0 Å². The van der Waals surface area contributed by atoms with Gasteiger partial charge in [0.2, 0.25) is 0 Å². The molecule has 0 bridgehead atoms. The van der Waals surface area contributed by atoms with E-state index in [1.165, 1.54) is 23.1 Å². The second-order valence-electron chi connectivity index (χ2n) is 5.28. The number of rotatable bonds is 3. The predicted octanol–water partition coefficient (Wildman–Crippen LogP) is 3.30. The summed E-state index contributed by atoms with van der Waals surface area (Å²) in [6.07, 6.45) is 2.17. The molecule has 0 saturated carbocycles. The van der Waals surface area contributed by atoms with Crippen LogP contribution in [0.15, 0.2) is 22.7 Å². The molecule has 1 N–H and O–H groups in total. The van der Waals surface area contributed by atoms with Crippen molar-refractivity contribution in [2.24, 2.45) is 5.92 Å². The molecule has 1 aromatic carbocycles. The molecule has 2 atom stereocenters. The SMILES string of the molecule is CCC1CCN(C(=O)c2ccc(F)cc2Br)C(C(=O)O)C1. The number of carbonyl (C=O) groups is 2. The lowest BCUT2D eigenvalue weighted by Gasteiger charge is -2.37. The first-order valence-electron chi connectivity index (χ1n) is 6.92. The van der Waals surface area contributed by atoms with Gasteiger partial charge in [0.15, 0.2) is 0 Å². The number of benzene rings is 1. The Hall–Kier alpha value is -1.43. The van der Waals surface area contributed by atoms with E-state index in [1.54, 1.807) is 0 Å². The minimum atomic E-state index is -0.986. The molecular formula is C15H17BrFNO3. The van der Waals surface area contributed by atoms with Gasteiger partial charge in [0, 0.05) is 11.0 Å². The van der Waals surface area contributed by atoms with Crippen LogP contribution in [0.4, 0.5) is 4.39 Å². The van der Waals surface area contributed by atoms with Gasteiger partial charge in [-0.15, -0.1) is 0 Å². The van der Waals surface area contributed by atoms with Crippen molar-refractivity contribution < 1.29 is 19.1 Å². The Labute approximate surface area is 131 Å². The minimum absolute atomic E-state index is 0.289. The second kappa shape index (κ2) is 6.56. The maximum atomic E-state index is 13.1. The van der Waals surface area contributed by atoms with Gasteiger partial charge >= 0.3 is 5.97 Å². The summed E-state index contributed by atoms with van der Waals surface area (Å²) in [5.41, 5.74) is 0.289. The molecule has 114 valence electrons. The van der Waals surface area contributed by atoms with Crippen molar-refractivity contribution in [1.29, 1.82) is 0 Å². The number of aliphatic carboxylic acids is 1. The fourth-order valence-electron chi connectivity index (χ4n) is 2.70. The summed E-state index contributed by atoms with van der Waals surface area (Å²) in [6, 6.07) is 2.98. The lowest BCUT2D eigenvalue weighted by atomic mass is 9.88. The van der Waals surface area contributed by atoms with Crippen molar-refractivity contribution in [2.45, 2.75) is 32.2 Å². The molecule has 0 aromatic heterocycles. The number of halogens is 2. The second-order valence-corrected chi connectivity index (χ2v) is 6.13. The van der Waals surface area contributed by atoms with Gasteiger partial charge in [-0.1, -0.05) is 13.3 Å². The van der Waals surface area contributed by atoms with E-state index in [-0.39, 0.29) is 11.5 Å². The zero-order chi connectivity index (χ0) is 15.6. The maximum Gasteiger partial charge on any atom is 0.326 e. The lowest BCUT2D eigenvalue weighted by Crippen LogP contribution is -2.50. The predicted molar refractivity (Wildman–Crippen MR) is 79.6 cm³/mol. The van der Waals surface area contributed by atoms with Crippen molar-refractivity contribution >= 4 is 27.8 Å². The van der Waals surface area contributed by atoms with Gasteiger partial charge in [-0.3, -0.25) is 4.79 Å². The molecule has 21 heavy (non-hydrogen) atoms. The van der Waals surface area contributed by atoms with Crippen LogP contribution >= 0.6 is 15.9 Å². The van der Waals surface area contributed by atoms with Crippen LogP contribution in [0.3, 0.4) is 0 Å². The summed E-state index contributed by atoms with van der Waals surface area (Å²) in [5, 5.41) is 9.37. The summed E-state index contributed by atoms with van der Waals surface area (Å²) < 4.78 is 13.4. The Kier molecular flexibility index (Phi) is 4.98. The highest BCUT2D eigenvalue weighted by Crippen LogP contribution is 2.28. The number of likely N-dealkylation sites (tertiary alicyclic amines) is 1. The van der Waals surface area contributed by atoms with Crippen molar-refractivity contribution in [3.63, 3.8) is 0 Å². The lowest BCUT2D eigenvalue weighted by molar-refractivity contribution is -0.144. The molecule has 4 nitrogen and oxygen atoms in total. The third-order valence-electron chi connectivity index (χ3n) is 4.00. The number of nitrogens with zero attached hydrogens (tertiary/aromatic N) is 1. The minimum Gasteiger partial charge on any atom is -0.480 e. The Balaban J connectivity index is 2.26. The number of hydrogen-bond acceptors (Lipinski definition) is 2. The van der Waals surface area contributed by atoms with Crippen molar-refractivity contribution in [3.05, 3.63) is 34.1 Å². The molecule has 1 heterocycles. The van der Waals surface area contributed by atoms with Gasteiger partial charge in [-0.25, -0.2) is 9.18 Å². The monoisotopic (exact) mass is 357 g/mol. The third kappa shape index (κ3) is 3.43. The van der Waals surface area contributed by atoms with Crippen LogP contribution in [0.1, 0.15) is 36.5 Å². The molecule has 1 amide bonds. The zero-order valence-electron chi connectivity index (χ0n) is 11.7. The van der Waals surface area contributed by atoms with Gasteiger partial charge in [0.25, 0.3) is 5.91 Å². The smallest absolute Gasteiger partial charge is 0.326 e. The molecule has 0 spiro atoms. The molecule has 1 aromatic rings.